The van der Waals surface area contributed by atoms with Crippen molar-refractivity contribution in [3.8, 4) is 0 Å². The van der Waals surface area contributed by atoms with Gasteiger partial charge in [0.2, 0.25) is 0 Å². The van der Waals surface area contributed by atoms with Gasteiger partial charge in [-0.25, -0.2) is 0 Å². The molecule has 2 rings (SSSR count). The largest absolute Gasteiger partial charge is 0.385 e. The molecule has 124 valence electrons. The third kappa shape index (κ3) is 4.00. The quantitative estimate of drug-likeness (QED) is 0.705. The van der Waals surface area contributed by atoms with E-state index in [1.54, 1.807) is 0 Å². The predicted octanol–water partition coefficient (Wildman–Crippen LogP) is 3.44. The second-order valence-corrected chi connectivity index (χ2v) is 7.20. The summed E-state index contributed by atoms with van der Waals surface area (Å²) >= 11 is 0. The van der Waals surface area contributed by atoms with Gasteiger partial charge in [0.25, 0.3) is 0 Å². The highest BCUT2D eigenvalue weighted by Gasteiger charge is 2.47. The van der Waals surface area contributed by atoms with E-state index in [4.69, 9.17) is 4.74 Å². The number of ether oxygens (including phenoxy) is 1. The summed E-state index contributed by atoms with van der Waals surface area (Å²) in [6.07, 6.45) is 10.8. The molecular weight excluding hydrogens is 260 g/mol. The third-order valence-corrected chi connectivity index (χ3v) is 5.74. The number of hydrogen-bond acceptors (Lipinski definition) is 3. The van der Waals surface area contributed by atoms with Gasteiger partial charge in [-0.05, 0) is 64.1 Å². The van der Waals surface area contributed by atoms with Crippen molar-refractivity contribution in [2.45, 2.75) is 76.8 Å². The van der Waals surface area contributed by atoms with Crippen LogP contribution >= 0.6 is 0 Å². The Balaban J connectivity index is 2.13. The van der Waals surface area contributed by atoms with Gasteiger partial charge in [-0.2, -0.15) is 0 Å². The van der Waals surface area contributed by atoms with Crippen LogP contribution in [-0.4, -0.2) is 49.8 Å². The van der Waals surface area contributed by atoms with Crippen LogP contribution in [-0.2, 0) is 4.74 Å². The third-order valence-electron chi connectivity index (χ3n) is 5.74. The van der Waals surface area contributed by atoms with E-state index >= 15 is 0 Å². The summed E-state index contributed by atoms with van der Waals surface area (Å²) in [6, 6.07) is 0.633. The molecule has 2 fully saturated rings. The maximum Gasteiger partial charge on any atom is 0.0465 e. The van der Waals surface area contributed by atoms with Crippen molar-refractivity contribution < 1.29 is 4.74 Å². The summed E-state index contributed by atoms with van der Waals surface area (Å²) in [5.74, 6) is 0.690. The number of methoxy groups -OCH3 is 1. The van der Waals surface area contributed by atoms with E-state index < -0.39 is 0 Å². The molecule has 0 aromatic carbocycles. The van der Waals surface area contributed by atoms with Gasteiger partial charge >= 0.3 is 0 Å². The van der Waals surface area contributed by atoms with Crippen LogP contribution in [0.3, 0.4) is 0 Å². The summed E-state index contributed by atoms with van der Waals surface area (Å²) in [5, 5.41) is 3.94. The predicted molar refractivity (Wildman–Crippen MR) is 89.7 cm³/mol. The first-order chi connectivity index (χ1) is 10.2. The van der Waals surface area contributed by atoms with Gasteiger partial charge in [0.15, 0.2) is 0 Å². The fourth-order valence-electron chi connectivity index (χ4n) is 4.66. The van der Waals surface area contributed by atoms with Crippen molar-refractivity contribution in [2.24, 2.45) is 5.92 Å². The number of rotatable bonds is 9. The van der Waals surface area contributed by atoms with Crippen molar-refractivity contribution >= 4 is 0 Å². The van der Waals surface area contributed by atoms with Crippen molar-refractivity contribution in [3.05, 3.63) is 0 Å². The lowest BCUT2D eigenvalue weighted by Crippen LogP contribution is -2.61. The van der Waals surface area contributed by atoms with E-state index in [0.717, 1.165) is 13.2 Å². The maximum absolute atomic E-state index is 5.35. The Morgan fingerprint density at radius 1 is 1.14 bits per heavy atom. The average Bonchev–Trinajstić information content (AvgIpc) is 3.17. The molecule has 0 bridgehead atoms. The minimum absolute atomic E-state index is 0.429. The molecule has 1 saturated heterocycles. The molecule has 0 aromatic rings. The lowest BCUT2D eigenvalue weighted by Gasteiger charge is -2.48. The monoisotopic (exact) mass is 296 g/mol. The first-order valence-electron chi connectivity index (χ1n) is 9.22. The molecule has 1 aliphatic carbocycles. The number of likely N-dealkylation sites (tertiary alicyclic amines) is 1. The molecular formula is C18H36N2O. The molecule has 0 amide bonds. The van der Waals surface area contributed by atoms with Crippen molar-refractivity contribution in [3.63, 3.8) is 0 Å². The highest BCUT2D eigenvalue weighted by molar-refractivity contribution is 5.06. The van der Waals surface area contributed by atoms with Gasteiger partial charge in [0.1, 0.15) is 0 Å². The van der Waals surface area contributed by atoms with Crippen LogP contribution in [0.2, 0.25) is 0 Å². The van der Waals surface area contributed by atoms with E-state index in [9.17, 15) is 0 Å². The number of hydrogen-bond donors (Lipinski definition) is 1. The Hall–Kier alpha value is -0.120. The molecule has 1 N–H and O–H groups in total. The number of nitrogens with zero attached hydrogens (tertiary/aromatic N) is 1. The van der Waals surface area contributed by atoms with Gasteiger partial charge in [-0.1, -0.05) is 26.7 Å². The highest BCUT2D eigenvalue weighted by atomic mass is 16.5. The summed E-state index contributed by atoms with van der Waals surface area (Å²) < 4.78 is 5.35. The zero-order valence-electron chi connectivity index (χ0n) is 14.5. The molecule has 2 atom stereocenters. The van der Waals surface area contributed by atoms with Crippen molar-refractivity contribution in [1.82, 2.24) is 10.2 Å². The molecule has 2 unspecified atom stereocenters. The van der Waals surface area contributed by atoms with Gasteiger partial charge in [0, 0.05) is 25.3 Å². The molecule has 21 heavy (non-hydrogen) atoms. The van der Waals surface area contributed by atoms with E-state index in [0.29, 0.717) is 17.5 Å². The minimum Gasteiger partial charge on any atom is -0.385 e. The van der Waals surface area contributed by atoms with Crippen LogP contribution < -0.4 is 5.32 Å². The zero-order valence-corrected chi connectivity index (χ0v) is 14.5. The lowest BCUT2D eigenvalue weighted by atomic mass is 9.78. The Morgan fingerprint density at radius 3 is 2.38 bits per heavy atom. The van der Waals surface area contributed by atoms with Gasteiger partial charge in [-0.15, -0.1) is 0 Å². The molecule has 3 heteroatoms. The standard InChI is InChI=1S/C18H36N2O/c1-4-12-19-17(16(2)9-15-21-3)18(10-5-6-11-18)20-13-7-8-14-20/h16-17,19H,4-15H2,1-3H3. The molecule has 1 aliphatic heterocycles. The summed E-state index contributed by atoms with van der Waals surface area (Å²) in [4.78, 5) is 2.84. The second kappa shape index (κ2) is 8.50. The molecule has 0 radical (unpaired) electrons. The van der Waals surface area contributed by atoms with Crippen LogP contribution in [0.15, 0.2) is 0 Å². The average molecular weight is 296 g/mol. The van der Waals surface area contributed by atoms with Crippen molar-refractivity contribution in [1.29, 1.82) is 0 Å². The highest BCUT2D eigenvalue weighted by Crippen LogP contribution is 2.42. The summed E-state index contributed by atoms with van der Waals surface area (Å²) in [6.45, 7) is 9.39. The van der Waals surface area contributed by atoms with Crippen LogP contribution in [0.1, 0.15) is 65.2 Å². The van der Waals surface area contributed by atoms with E-state index in [1.165, 1.54) is 64.5 Å². The molecule has 0 aromatic heterocycles. The topological polar surface area (TPSA) is 24.5 Å². The first kappa shape index (κ1) is 17.2. The van der Waals surface area contributed by atoms with Gasteiger partial charge < -0.3 is 10.1 Å². The molecule has 1 saturated carbocycles. The van der Waals surface area contributed by atoms with Crippen LogP contribution in [0.5, 0.6) is 0 Å². The fraction of sp³-hybridized carbons (Fsp3) is 1.00. The Bertz CT molecular complexity index is 283. The van der Waals surface area contributed by atoms with Crippen LogP contribution in [0.25, 0.3) is 0 Å². The summed E-state index contributed by atoms with van der Waals surface area (Å²) in [7, 11) is 1.83. The molecule has 0 spiro atoms. The first-order valence-corrected chi connectivity index (χ1v) is 9.22. The molecule has 1 heterocycles. The summed E-state index contributed by atoms with van der Waals surface area (Å²) in [5.41, 5.74) is 0.429. The van der Waals surface area contributed by atoms with Crippen LogP contribution in [0, 0.1) is 5.92 Å². The Kier molecular flexibility index (Phi) is 6.97. The molecule has 2 aliphatic rings. The van der Waals surface area contributed by atoms with Crippen LogP contribution in [0.4, 0.5) is 0 Å². The Labute approximate surface area is 131 Å². The minimum atomic E-state index is 0.429. The Morgan fingerprint density at radius 2 is 1.81 bits per heavy atom. The second-order valence-electron chi connectivity index (χ2n) is 7.20. The smallest absolute Gasteiger partial charge is 0.0465 e. The van der Waals surface area contributed by atoms with E-state index in [-0.39, 0.29) is 0 Å². The van der Waals surface area contributed by atoms with Gasteiger partial charge in [-0.3, -0.25) is 4.90 Å². The van der Waals surface area contributed by atoms with Crippen molar-refractivity contribution in [2.75, 3.05) is 33.4 Å². The van der Waals surface area contributed by atoms with E-state index in [2.05, 4.69) is 24.1 Å². The zero-order chi connectivity index (χ0) is 15.1. The normalized spacial score (nSPS) is 25.3. The SMILES string of the molecule is CCCNC(C(C)CCOC)C1(N2CCCC2)CCCC1. The fourth-order valence-corrected chi connectivity index (χ4v) is 4.66. The molecule has 3 nitrogen and oxygen atoms in total. The lowest BCUT2D eigenvalue weighted by molar-refractivity contribution is 0.0452. The maximum atomic E-state index is 5.35. The van der Waals surface area contributed by atoms with Gasteiger partial charge in [0.05, 0.1) is 0 Å². The van der Waals surface area contributed by atoms with E-state index in [1.807, 2.05) is 7.11 Å². The number of nitrogens with one attached hydrogen (secondary N) is 1.